The van der Waals surface area contributed by atoms with Gasteiger partial charge >= 0.3 is 0 Å². The highest BCUT2D eigenvalue weighted by atomic mass is 35.5. The van der Waals surface area contributed by atoms with Gasteiger partial charge in [0, 0.05) is 16.3 Å². The van der Waals surface area contributed by atoms with Gasteiger partial charge in [-0.2, -0.15) is 0 Å². The van der Waals surface area contributed by atoms with Crippen LogP contribution in [0.1, 0.15) is 25.7 Å². The van der Waals surface area contributed by atoms with E-state index in [-0.39, 0.29) is 0 Å². The first-order valence-electron chi connectivity index (χ1n) is 10.2. The zero-order valence-corrected chi connectivity index (χ0v) is 18.4. The third-order valence-corrected chi connectivity index (χ3v) is 6.43. The minimum Gasteiger partial charge on any atom is -0.548 e. The molecule has 1 saturated carbocycles. The lowest BCUT2D eigenvalue weighted by Crippen LogP contribution is -2.52. The standard InChI is InChI=1S/C23H19Cl2N5O2/c24-14-7-9-15(10-8-14)30-20(16-5-1-2-6-17(16)25)28-18-19(26-13-27-21(18)30)29-23(22(31)32)11-3-4-12-23/h1-2,5-10,13H,3-4,11-12H2,(H,31,32)(H,26,27,29)/p-1. The van der Waals surface area contributed by atoms with Gasteiger partial charge in [0.25, 0.3) is 0 Å². The van der Waals surface area contributed by atoms with Crippen LogP contribution >= 0.6 is 23.2 Å². The minimum absolute atomic E-state index is 0.349. The Bertz CT molecular complexity index is 1310. The lowest BCUT2D eigenvalue weighted by atomic mass is 9.98. The van der Waals surface area contributed by atoms with Crippen LogP contribution in [0.25, 0.3) is 28.2 Å². The van der Waals surface area contributed by atoms with E-state index in [1.807, 2.05) is 34.9 Å². The van der Waals surface area contributed by atoms with Gasteiger partial charge in [-0.15, -0.1) is 0 Å². The van der Waals surface area contributed by atoms with Crippen LogP contribution in [-0.4, -0.2) is 31.0 Å². The molecule has 0 radical (unpaired) electrons. The van der Waals surface area contributed by atoms with Crippen LogP contribution in [0, 0.1) is 0 Å². The Kier molecular flexibility index (Phi) is 5.23. The van der Waals surface area contributed by atoms with Gasteiger partial charge in [-0.1, -0.05) is 48.2 Å². The lowest BCUT2D eigenvalue weighted by molar-refractivity contribution is -0.311. The molecule has 0 saturated heterocycles. The predicted molar refractivity (Wildman–Crippen MR) is 122 cm³/mol. The number of anilines is 1. The van der Waals surface area contributed by atoms with Gasteiger partial charge in [-0.05, 0) is 49.2 Å². The monoisotopic (exact) mass is 466 g/mol. The first kappa shape index (κ1) is 20.7. The number of rotatable bonds is 5. The summed E-state index contributed by atoms with van der Waals surface area (Å²) in [5.74, 6) is -0.224. The number of aromatic nitrogens is 4. The molecule has 1 aliphatic rings. The lowest BCUT2D eigenvalue weighted by Gasteiger charge is -2.31. The average Bonchev–Trinajstić information content (AvgIpc) is 3.41. The summed E-state index contributed by atoms with van der Waals surface area (Å²) in [5.41, 5.74) is 1.29. The number of benzene rings is 2. The topological polar surface area (TPSA) is 95.8 Å². The van der Waals surface area contributed by atoms with E-state index < -0.39 is 11.5 Å². The molecule has 1 fully saturated rings. The van der Waals surface area contributed by atoms with Gasteiger partial charge in [0.05, 0.1) is 16.5 Å². The van der Waals surface area contributed by atoms with Crippen LogP contribution < -0.4 is 10.4 Å². The summed E-state index contributed by atoms with van der Waals surface area (Å²) >= 11 is 12.6. The molecule has 162 valence electrons. The van der Waals surface area contributed by atoms with E-state index >= 15 is 0 Å². The van der Waals surface area contributed by atoms with Crippen molar-refractivity contribution in [2.24, 2.45) is 0 Å². The summed E-state index contributed by atoms with van der Waals surface area (Å²) in [7, 11) is 0. The fourth-order valence-electron chi connectivity index (χ4n) is 4.23. The molecule has 0 spiro atoms. The fourth-order valence-corrected chi connectivity index (χ4v) is 4.57. The van der Waals surface area contributed by atoms with Crippen molar-refractivity contribution in [3.8, 4) is 17.1 Å². The average molecular weight is 467 g/mol. The van der Waals surface area contributed by atoms with Crippen molar-refractivity contribution < 1.29 is 9.90 Å². The van der Waals surface area contributed by atoms with Crippen molar-refractivity contribution in [3.63, 3.8) is 0 Å². The maximum atomic E-state index is 12.0. The number of hydrogen-bond donors (Lipinski definition) is 1. The van der Waals surface area contributed by atoms with Crippen molar-refractivity contribution in [1.82, 2.24) is 19.5 Å². The number of carboxylic acid groups (broad SMARTS) is 1. The number of carbonyl (C=O) groups excluding carboxylic acids is 1. The molecular formula is C23H18Cl2N5O2-. The third kappa shape index (κ3) is 3.47. The summed E-state index contributed by atoms with van der Waals surface area (Å²) in [4.78, 5) is 25.6. The molecule has 0 atom stereocenters. The minimum atomic E-state index is -1.17. The molecule has 9 heteroatoms. The Labute approximate surface area is 194 Å². The summed E-state index contributed by atoms with van der Waals surface area (Å²) in [6, 6.07) is 14.7. The second-order valence-corrected chi connectivity index (χ2v) is 8.67. The Morgan fingerprint density at radius 3 is 2.44 bits per heavy atom. The molecular weight excluding hydrogens is 449 g/mol. The first-order valence-corrected chi connectivity index (χ1v) is 11.0. The SMILES string of the molecule is O=C([O-])C1(Nc2ncnc3c2nc(-c2ccccc2Cl)n3-c2ccc(Cl)cc2)CCCC1. The van der Waals surface area contributed by atoms with Gasteiger partial charge in [-0.25, -0.2) is 15.0 Å². The molecule has 0 unspecified atom stereocenters. The fraction of sp³-hybridized carbons (Fsp3) is 0.217. The maximum Gasteiger partial charge on any atom is 0.170 e. The molecule has 2 aromatic carbocycles. The molecule has 2 aromatic heterocycles. The molecule has 1 aliphatic carbocycles. The molecule has 2 heterocycles. The number of nitrogens with zero attached hydrogens (tertiary/aromatic N) is 4. The van der Waals surface area contributed by atoms with E-state index in [1.54, 1.807) is 18.2 Å². The normalized spacial score (nSPS) is 15.2. The van der Waals surface area contributed by atoms with Gasteiger partial charge in [0.2, 0.25) is 0 Å². The first-order chi connectivity index (χ1) is 15.5. The van der Waals surface area contributed by atoms with E-state index in [2.05, 4.69) is 15.3 Å². The van der Waals surface area contributed by atoms with Crippen molar-refractivity contribution >= 4 is 46.2 Å². The molecule has 7 nitrogen and oxygen atoms in total. The zero-order chi connectivity index (χ0) is 22.3. The summed E-state index contributed by atoms with van der Waals surface area (Å²) in [6.45, 7) is 0. The second-order valence-electron chi connectivity index (χ2n) is 7.82. The van der Waals surface area contributed by atoms with E-state index in [0.717, 1.165) is 18.5 Å². The van der Waals surface area contributed by atoms with Crippen molar-refractivity contribution in [2.45, 2.75) is 31.2 Å². The smallest absolute Gasteiger partial charge is 0.170 e. The molecule has 1 N–H and O–H groups in total. The van der Waals surface area contributed by atoms with Gasteiger partial charge < -0.3 is 15.2 Å². The Hall–Kier alpha value is -3.16. The number of fused-ring (bicyclic) bond motifs is 1. The second kappa shape index (κ2) is 8.07. The Morgan fingerprint density at radius 2 is 1.75 bits per heavy atom. The van der Waals surface area contributed by atoms with Crippen molar-refractivity contribution in [3.05, 3.63) is 64.9 Å². The van der Waals surface area contributed by atoms with Crippen LogP contribution in [0.2, 0.25) is 10.0 Å². The number of carboxylic acids is 1. The maximum absolute atomic E-state index is 12.0. The molecule has 32 heavy (non-hydrogen) atoms. The molecule has 0 amide bonds. The Morgan fingerprint density at radius 1 is 1.03 bits per heavy atom. The van der Waals surface area contributed by atoms with Crippen LogP contribution in [0.4, 0.5) is 5.82 Å². The number of aliphatic carboxylic acids is 1. The predicted octanol–water partition coefficient (Wildman–Crippen LogP) is 4.26. The van der Waals surface area contributed by atoms with Gasteiger partial charge in [0.15, 0.2) is 17.0 Å². The Balaban J connectivity index is 1.75. The summed E-state index contributed by atoms with van der Waals surface area (Å²) < 4.78 is 1.86. The summed E-state index contributed by atoms with van der Waals surface area (Å²) in [5, 5.41) is 16.2. The molecule has 5 rings (SSSR count). The molecule has 0 aliphatic heterocycles. The highest BCUT2D eigenvalue weighted by Crippen LogP contribution is 2.37. The van der Waals surface area contributed by atoms with Crippen molar-refractivity contribution in [2.75, 3.05) is 5.32 Å². The molecule has 0 bridgehead atoms. The number of carbonyl (C=O) groups is 1. The van der Waals surface area contributed by atoms with E-state index in [9.17, 15) is 9.90 Å². The zero-order valence-electron chi connectivity index (χ0n) is 16.9. The highest BCUT2D eigenvalue weighted by Gasteiger charge is 2.36. The van der Waals surface area contributed by atoms with Crippen molar-refractivity contribution in [1.29, 1.82) is 0 Å². The highest BCUT2D eigenvalue weighted by molar-refractivity contribution is 6.33. The quantitative estimate of drug-likeness (QED) is 0.471. The van der Waals surface area contributed by atoms with Crippen LogP contribution in [0.5, 0.6) is 0 Å². The number of nitrogens with one attached hydrogen (secondary N) is 1. The third-order valence-electron chi connectivity index (χ3n) is 5.85. The van der Waals surface area contributed by atoms with E-state index in [4.69, 9.17) is 28.2 Å². The molecule has 4 aromatic rings. The van der Waals surface area contributed by atoms with Gasteiger partial charge in [-0.3, -0.25) is 4.57 Å². The van der Waals surface area contributed by atoms with Crippen LogP contribution in [0.3, 0.4) is 0 Å². The van der Waals surface area contributed by atoms with Crippen LogP contribution in [-0.2, 0) is 4.79 Å². The number of hydrogen-bond acceptors (Lipinski definition) is 6. The largest absolute Gasteiger partial charge is 0.548 e. The number of halogens is 2. The van der Waals surface area contributed by atoms with E-state index in [1.165, 1.54) is 6.33 Å². The summed E-state index contributed by atoms with van der Waals surface area (Å²) in [6.07, 6.45) is 3.94. The van der Waals surface area contributed by atoms with E-state index in [0.29, 0.717) is 51.3 Å². The van der Waals surface area contributed by atoms with Gasteiger partial charge in [0.1, 0.15) is 12.2 Å². The number of imidazole rings is 1. The van der Waals surface area contributed by atoms with Crippen LogP contribution in [0.15, 0.2) is 54.9 Å².